The number of hydrogen-bond acceptors (Lipinski definition) is 3. The van der Waals surface area contributed by atoms with Gasteiger partial charge >= 0.3 is 0 Å². The van der Waals surface area contributed by atoms with Gasteiger partial charge in [0.05, 0.1) is 17.6 Å². The Labute approximate surface area is 191 Å². The van der Waals surface area contributed by atoms with E-state index in [1.165, 1.54) is 24.3 Å². The summed E-state index contributed by atoms with van der Waals surface area (Å²) >= 11 is 0. The van der Waals surface area contributed by atoms with Crippen LogP contribution in [0.3, 0.4) is 0 Å². The Balaban J connectivity index is 1.68. The van der Waals surface area contributed by atoms with Gasteiger partial charge < -0.3 is 15.1 Å². The molecule has 2 N–H and O–H groups in total. The van der Waals surface area contributed by atoms with Gasteiger partial charge in [-0.2, -0.15) is 0 Å². The lowest BCUT2D eigenvalue weighted by Gasteiger charge is -2.47. The molecule has 0 spiro atoms. The number of allylic oxidation sites excluding steroid dienone is 1. The molecule has 3 aromatic rings. The molecular formula is C27H25F2NO3. The summed E-state index contributed by atoms with van der Waals surface area (Å²) in [6.07, 6.45) is 2.17. The van der Waals surface area contributed by atoms with E-state index in [2.05, 4.69) is 0 Å². The van der Waals surface area contributed by atoms with Crippen LogP contribution in [0.2, 0.25) is 0 Å². The van der Waals surface area contributed by atoms with Crippen LogP contribution in [-0.4, -0.2) is 21.7 Å². The number of phenols is 1. The molecule has 1 amide bonds. The molecular weight excluding hydrogens is 424 g/mol. The molecule has 2 atom stereocenters. The van der Waals surface area contributed by atoms with Crippen molar-refractivity contribution in [2.24, 2.45) is 5.92 Å². The molecule has 4 rings (SSSR count). The second-order valence-electron chi connectivity index (χ2n) is 8.75. The van der Waals surface area contributed by atoms with Crippen LogP contribution in [0.5, 0.6) is 5.75 Å². The van der Waals surface area contributed by atoms with E-state index in [1.54, 1.807) is 67.3 Å². The van der Waals surface area contributed by atoms with Crippen molar-refractivity contribution in [1.29, 1.82) is 0 Å². The molecule has 33 heavy (non-hydrogen) atoms. The van der Waals surface area contributed by atoms with E-state index in [4.69, 9.17) is 0 Å². The minimum Gasteiger partial charge on any atom is -0.508 e. The zero-order valence-corrected chi connectivity index (χ0v) is 18.4. The Morgan fingerprint density at radius 2 is 1.48 bits per heavy atom. The summed E-state index contributed by atoms with van der Waals surface area (Å²) < 4.78 is 26.8. The molecule has 3 aromatic carbocycles. The van der Waals surface area contributed by atoms with E-state index in [9.17, 15) is 23.8 Å². The Kier molecular flexibility index (Phi) is 6.04. The highest BCUT2D eigenvalue weighted by atomic mass is 19.1. The summed E-state index contributed by atoms with van der Waals surface area (Å²) in [5, 5.41) is 20.4. The van der Waals surface area contributed by atoms with Gasteiger partial charge in [0.25, 0.3) is 0 Å². The van der Waals surface area contributed by atoms with Crippen LogP contribution >= 0.6 is 0 Å². The first-order chi connectivity index (χ1) is 15.6. The van der Waals surface area contributed by atoms with Gasteiger partial charge in [-0.1, -0.05) is 30.3 Å². The molecule has 0 saturated carbocycles. The maximum atomic E-state index is 13.4. The van der Waals surface area contributed by atoms with Crippen molar-refractivity contribution < 1.29 is 23.8 Å². The number of β-lactam (4-membered cyclic amide) rings is 1. The number of aromatic hydroxyl groups is 1. The molecule has 1 saturated heterocycles. The van der Waals surface area contributed by atoms with Crippen molar-refractivity contribution in [2.45, 2.75) is 31.9 Å². The normalized spacial score (nSPS) is 18.9. The lowest BCUT2D eigenvalue weighted by molar-refractivity contribution is -0.130. The zero-order chi connectivity index (χ0) is 23.8. The molecule has 1 heterocycles. The molecule has 0 bridgehead atoms. The quantitative estimate of drug-likeness (QED) is 0.480. The first-order valence-corrected chi connectivity index (χ1v) is 10.7. The molecule has 0 aromatic heterocycles. The van der Waals surface area contributed by atoms with Gasteiger partial charge in [-0.05, 0) is 85.5 Å². The average Bonchev–Trinajstić information content (AvgIpc) is 2.77. The van der Waals surface area contributed by atoms with Crippen molar-refractivity contribution in [1.82, 2.24) is 0 Å². The SMILES string of the molecule is CC(C)(O)C(=CCC1C(=O)N(c2ccc(F)cc2)C1c1ccc(O)cc1)c1ccc(F)cc1. The monoisotopic (exact) mass is 449 g/mol. The van der Waals surface area contributed by atoms with Gasteiger partial charge in [0.1, 0.15) is 17.4 Å². The minimum absolute atomic E-state index is 0.120. The van der Waals surface area contributed by atoms with E-state index in [0.29, 0.717) is 23.2 Å². The smallest absolute Gasteiger partial charge is 0.233 e. The first-order valence-electron chi connectivity index (χ1n) is 10.7. The summed E-state index contributed by atoms with van der Waals surface area (Å²) in [5.74, 6) is -1.18. The number of amides is 1. The topological polar surface area (TPSA) is 60.8 Å². The van der Waals surface area contributed by atoms with Crippen LogP contribution in [-0.2, 0) is 4.79 Å². The molecule has 2 unspecified atom stereocenters. The van der Waals surface area contributed by atoms with E-state index < -0.39 is 11.5 Å². The summed E-state index contributed by atoms with van der Waals surface area (Å²) in [6, 6.07) is 17.9. The van der Waals surface area contributed by atoms with Gasteiger partial charge in [-0.25, -0.2) is 8.78 Å². The van der Waals surface area contributed by atoms with E-state index in [-0.39, 0.29) is 29.3 Å². The maximum Gasteiger partial charge on any atom is 0.233 e. The van der Waals surface area contributed by atoms with Crippen molar-refractivity contribution in [3.63, 3.8) is 0 Å². The van der Waals surface area contributed by atoms with Crippen molar-refractivity contribution in [3.8, 4) is 5.75 Å². The Morgan fingerprint density at radius 3 is 2.03 bits per heavy atom. The third-order valence-electron chi connectivity index (χ3n) is 5.94. The highest BCUT2D eigenvalue weighted by Crippen LogP contribution is 2.46. The summed E-state index contributed by atoms with van der Waals surface area (Å²) in [4.78, 5) is 14.8. The van der Waals surface area contributed by atoms with Crippen LogP contribution in [0.25, 0.3) is 5.57 Å². The third kappa shape index (κ3) is 4.66. The van der Waals surface area contributed by atoms with Crippen LogP contribution < -0.4 is 4.90 Å². The number of hydrogen-bond donors (Lipinski definition) is 2. The maximum absolute atomic E-state index is 13.4. The van der Waals surface area contributed by atoms with E-state index in [1.807, 2.05) is 6.08 Å². The molecule has 0 aliphatic carbocycles. The van der Waals surface area contributed by atoms with Crippen LogP contribution in [0.1, 0.15) is 37.4 Å². The lowest BCUT2D eigenvalue weighted by Crippen LogP contribution is -2.55. The van der Waals surface area contributed by atoms with Crippen molar-refractivity contribution in [3.05, 3.63) is 102 Å². The van der Waals surface area contributed by atoms with E-state index in [0.717, 1.165) is 5.56 Å². The molecule has 6 heteroatoms. The second kappa shape index (κ2) is 8.79. The molecule has 1 fully saturated rings. The number of benzene rings is 3. The summed E-state index contributed by atoms with van der Waals surface area (Å²) in [6.45, 7) is 3.29. The molecule has 0 radical (unpaired) electrons. The van der Waals surface area contributed by atoms with Gasteiger partial charge in [0, 0.05) is 5.69 Å². The van der Waals surface area contributed by atoms with Crippen LogP contribution in [0.4, 0.5) is 14.5 Å². The van der Waals surface area contributed by atoms with Crippen LogP contribution in [0, 0.1) is 17.6 Å². The number of nitrogens with zero attached hydrogens (tertiary/aromatic N) is 1. The number of rotatable bonds is 6. The molecule has 1 aliphatic heterocycles. The largest absolute Gasteiger partial charge is 0.508 e. The van der Waals surface area contributed by atoms with Crippen LogP contribution in [0.15, 0.2) is 78.9 Å². The average molecular weight is 449 g/mol. The standard InChI is InChI=1S/C27H25F2NO3/c1-27(2,33)24(17-3-7-19(28)8-4-17)16-15-23-25(18-5-13-22(31)14-6-18)30(26(23)32)21-11-9-20(29)10-12-21/h3-14,16,23,25,31,33H,15H2,1-2H3. The predicted octanol–water partition coefficient (Wildman–Crippen LogP) is 5.62. The molecule has 170 valence electrons. The van der Waals surface area contributed by atoms with Gasteiger partial charge in [-0.3, -0.25) is 4.79 Å². The van der Waals surface area contributed by atoms with Gasteiger partial charge in [0.15, 0.2) is 0 Å². The van der Waals surface area contributed by atoms with E-state index >= 15 is 0 Å². The Bertz CT molecular complexity index is 1160. The Morgan fingerprint density at radius 1 is 0.939 bits per heavy atom. The number of aliphatic hydroxyl groups is 1. The lowest BCUT2D eigenvalue weighted by atomic mass is 9.78. The highest BCUT2D eigenvalue weighted by Gasteiger charge is 2.48. The summed E-state index contributed by atoms with van der Waals surface area (Å²) in [5.41, 5.74) is 1.49. The minimum atomic E-state index is -1.20. The highest BCUT2D eigenvalue weighted by molar-refractivity contribution is 6.03. The fraction of sp³-hybridized carbons (Fsp3) is 0.222. The molecule has 4 nitrogen and oxygen atoms in total. The van der Waals surface area contributed by atoms with Crippen molar-refractivity contribution in [2.75, 3.05) is 4.90 Å². The van der Waals surface area contributed by atoms with Crippen molar-refractivity contribution >= 4 is 17.2 Å². The number of carbonyl (C=O) groups excluding carboxylic acids is 1. The first kappa shape index (κ1) is 22.7. The fourth-order valence-electron chi connectivity index (χ4n) is 4.32. The number of halogens is 2. The number of carbonyl (C=O) groups is 1. The Hall–Kier alpha value is -3.51. The molecule has 1 aliphatic rings. The zero-order valence-electron chi connectivity index (χ0n) is 18.4. The third-order valence-corrected chi connectivity index (χ3v) is 5.94. The fourth-order valence-corrected chi connectivity index (χ4v) is 4.32. The predicted molar refractivity (Wildman–Crippen MR) is 124 cm³/mol. The van der Waals surface area contributed by atoms with Gasteiger partial charge in [-0.15, -0.1) is 0 Å². The summed E-state index contributed by atoms with van der Waals surface area (Å²) in [7, 11) is 0. The number of phenolic OH excluding ortho intramolecular Hbond substituents is 1. The second-order valence-corrected chi connectivity index (χ2v) is 8.75. The number of anilines is 1. The van der Waals surface area contributed by atoms with Gasteiger partial charge in [0.2, 0.25) is 5.91 Å².